The number of hydrogen-bond donors (Lipinski definition) is 1. The third-order valence-electron chi connectivity index (χ3n) is 6.35. The molecule has 0 spiro atoms. The summed E-state index contributed by atoms with van der Waals surface area (Å²) in [6, 6.07) is 16.3. The van der Waals surface area contributed by atoms with Gasteiger partial charge in [0.1, 0.15) is 0 Å². The van der Waals surface area contributed by atoms with Crippen LogP contribution < -0.4 is 0 Å². The maximum absolute atomic E-state index is 9.97. The molecule has 0 saturated carbocycles. The summed E-state index contributed by atoms with van der Waals surface area (Å²) < 4.78 is 0. The Kier molecular flexibility index (Phi) is 6.41. The third kappa shape index (κ3) is 4.36. The maximum Gasteiger partial charge on any atom is 0.0991 e. The van der Waals surface area contributed by atoms with E-state index in [0.717, 1.165) is 41.8 Å². The number of aliphatic hydroxyl groups is 1. The van der Waals surface area contributed by atoms with Gasteiger partial charge < -0.3 is 5.11 Å². The molecule has 31 heavy (non-hydrogen) atoms. The van der Waals surface area contributed by atoms with Crippen LogP contribution in [0.25, 0.3) is 0 Å². The summed E-state index contributed by atoms with van der Waals surface area (Å²) in [5.41, 5.74) is 7.02. The number of benzene rings is 1. The molecule has 1 aliphatic heterocycles. The van der Waals surface area contributed by atoms with Crippen LogP contribution in [0.1, 0.15) is 70.6 Å². The lowest BCUT2D eigenvalue weighted by Gasteiger charge is -2.43. The number of rotatable bonds is 5. The first kappa shape index (κ1) is 21.2. The number of piperidine rings is 1. The fourth-order valence-electron chi connectivity index (χ4n) is 4.75. The van der Waals surface area contributed by atoms with Crippen molar-refractivity contribution in [3.05, 3.63) is 94.1 Å². The van der Waals surface area contributed by atoms with E-state index >= 15 is 0 Å². The van der Waals surface area contributed by atoms with Crippen molar-refractivity contribution in [2.45, 2.75) is 58.3 Å². The Hall–Kier alpha value is -3.07. The summed E-state index contributed by atoms with van der Waals surface area (Å²) in [6.45, 7) is 4.83. The van der Waals surface area contributed by atoms with Crippen LogP contribution in [0.4, 0.5) is 0 Å². The fourth-order valence-corrected chi connectivity index (χ4v) is 4.75. The van der Waals surface area contributed by atoms with E-state index in [2.05, 4.69) is 36.9 Å². The van der Waals surface area contributed by atoms with Gasteiger partial charge in [-0.1, -0.05) is 18.2 Å². The monoisotopic (exact) mass is 412 g/mol. The first-order chi connectivity index (χ1) is 15.1. The van der Waals surface area contributed by atoms with Gasteiger partial charge in [0.25, 0.3) is 0 Å². The van der Waals surface area contributed by atoms with Gasteiger partial charge in [-0.05, 0) is 79.6 Å². The molecule has 3 aromatic rings. The molecule has 1 aromatic carbocycles. The zero-order chi connectivity index (χ0) is 21.8. The Morgan fingerprint density at radius 1 is 0.968 bits per heavy atom. The molecule has 0 amide bonds. The first-order valence-corrected chi connectivity index (χ1v) is 10.8. The van der Waals surface area contributed by atoms with Crippen molar-refractivity contribution in [2.24, 2.45) is 0 Å². The van der Waals surface area contributed by atoms with Crippen LogP contribution in [0.15, 0.2) is 54.9 Å². The maximum atomic E-state index is 9.97. The summed E-state index contributed by atoms with van der Waals surface area (Å²) in [5.74, 6) is 0. The highest BCUT2D eigenvalue weighted by Crippen LogP contribution is 2.43. The van der Waals surface area contributed by atoms with Gasteiger partial charge in [0.05, 0.1) is 41.7 Å². The molecule has 0 radical (unpaired) electrons. The van der Waals surface area contributed by atoms with Crippen LogP contribution in [-0.4, -0.2) is 20.0 Å². The zero-order valence-corrected chi connectivity index (χ0v) is 18.1. The van der Waals surface area contributed by atoms with E-state index in [1.807, 2.05) is 36.7 Å². The lowest BCUT2D eigenvalue weighted by atomic mass is 9.88. The van der Waals surface area contributed by atoms with Crippen molar-refractivity contribution in [3.8, 4) is 6.07 Å². The number of nitriles is 1. The molecular formula is C26H28N4O. The molecule has 0 aliphatic carbocycles. The summed E-state index contributed by atoms with van der Waals surface area (Å²) >= 11 is 0. The number of aliphatic hydroxyl groups excluding tert-OH is 1. The second-order valence-corrected chi connectivity index (χ2v) is 8.30. The minimum atomic E-state index is -0.0841. The average Bonchev–Trinajstić information content (AvgIpc) is 2.80. The molecule has 3 heterocycles. The number of hydrogen-bond acceptors (Lipinski definition) is 5. The summed E-state index contributed by atoms with van der Waals surface area (Å²) in [5, 5.41) is 19.2. The van der Waals surface area contributed by atoms with Gasteiger partial charge in [-0.15, -0.1) is 0 Å². The quantitative estimate of drug-likeness (QED) is 0.643. The van der Waals surface area contributed by atoms with Crippen molar-refractivity contribution >= 4 is 0 Å². The van der Waals surface area contributed by atoms with Gasteiger partial charge in [0.2, 0.25) is 0 Å². The second-order valence-electron chi connectivity index (χ2n) is 8.30. The SMILES string of the molecule is Cc1cccnc1C1CCCC(c2ncccc2C)N1Cc1ccc(C#N)cc1CO. The van der Waals surface area contributed by atoms with Crippen molar-refractivity contribution < 1.29 is 5.11 Å². The van der Waals surface area contributed by atoms with Crippen molar-refractivity contribution in [1.82, 2.24) is 14.9 Å². The number of aryl methyl sites for hydroxylation is 2. The van der Waals surface area contributed by atoms with Crippen LogP contribution in [-0.2, 0) is 13.2 Å². The van der Waals surface area contributed by atoms with E-state index in [1.54, 1.807) is 6.07 Å². The Bertz CT molecular complexity index is 1050. The zero-order valence-electron chi connectivity index (χ0n) is 18.1. The molecule has 1 N–H and O–H groups in total. The van der Waals surface area contributed by atoms with E-state index in [-0.39, 0.29) is 18.7 Å². The molecule has 0 bridgehead atoms. The van der Waals surface area contributed by atoms with Crippen LogP contribution in [0.3, 0.4) is 0 Å². The standard InChI is InChI=1S/C26H28N4O/c1-18-6-4-12-28-25(18)23-8-3-9-24(26-19(2)7-5-13-29-26)30(23)16-21-11-10-20(15-27)14-22(21)17-31/h4-7,10-14,23-24,31H,3,8-9,16-17H2,1-2H3. The molecule has 5 nitrogen and oxygen atoms in total. The number of nitrogens with zero attached hydrogens (tertiary/aromatic N) is 4. The van der Waals surface area contributed by atoms with Gasteiger partial charge in [-0.3, -0.25) is 14.9 Å². The van der Waals surface area contributed by atoms with Crippen LogP contribution in [0.5, 0.6) is 0 Å². The minimum absolute atomic E-state index is 0.0841. The van der Waals surface area contributed by atoms with E-state index in [0.29, 0.717) is 12.1 Å². The summed E-state index contributed by atoms with van der Waals surface area (Å²) in [4.78, 5) is 12.0. The number of aromatic nitrogens is 2. The number of likely N-dealkylation sites (tertiary alicyclic amines) is 1. The lowest BCUT2D eigenvalue weighted by molar-refractivity contribution is 0.0672. The molecule has 1 aliphatic rings. The third-order valence-corrected chi connectivity index (χ3v) is 6.35. The van der Waals surface area contributed by atoms with E-state index < -0.39 is 0 Å². The van der Waals surface area contributed by atoms with Crippen LogP contribution in [0.2, 0.25) is 0 Å². The van der Waals surface area contributed by atoms with Gasteiger partial charge in [0.15, 0.2) is 0 Å². The predicted octanol–water partition coefficient (Wildman–Crippen LogP) is 4.93. The second kappa shape index (κ2) is 9.38. The Morgan fingerprint density at radius 2 is 1.58 bits per heavy atom. The smallest absolute Gasteiger partial charge is 0.0991 e. The van der Waals surface area contributed by atoms with Crippen molar-refractivity contribution in [2.75, 3.05) is 0 Å². The van der Waals surface area contributed by atoms with Gasteiger partial charge >= 0.3 is 0 Å². The van der Waals surface area contributed by atoms with Crippen molar-refractivity contribution in [1.29, 1.82) is 5.26 Å². The van der Waals surface area contributed by atoms with Gasteiger partial charge in [-0.2, -0.15) is 5.26 Å². The molecule has 5 heteroatoms. The van der Waals surface area contributed by atoms with Crippen molar-refractivity contribution in [3.63, 3.8) is 0 Å². The Balaban J connectivity index is 1.79. The molecule has 4 rings (SSSR count). The predicted molar refractivity (Wildman–Crippen MR) is 120 cm³/mol. The highest BCUT2D eigenvalue weighted by atomic mass is 16.3. The topological polar surface area (TPSA) is 73.0 Å². The lowest BCUT2D eigenvalue weighted by Crippen LogP contribution is -2.37. The Labute approximate surface area is 184 Å². The molecule has 2 atom stereocenters. The van der Waals surface area contributed by atoms with E-state index in [1.165, 1.54) is 11.1 Å². The summed E-state index contributed by atoms with van der Waals surface area (Å²) in [7, 11) is 0. The molecule has 2 unspecified atom stereocenters. The summed E-state index contributed by atoms with van der Waals surface area (Å²) in [6.07, 6.45) is 6.92. The fraction of sp³-hybridized carbons (Fsp3) is 0.346. The van der Waals surface area contributed by atoms with E-state index in [9.17, 15) is 10.4 Å². The average molecular weight is 413 g/mol. The van der Waals surface area contributed by atoms with E-state index in [4.69, 9.17) is 9.97 Å². The Morgan fingerprint density at radius 3 is 2.10 bits per heavy atom. The molecule has 158 valence electrons. The van der Waals surface area contributed by atoms with Crippen LogP contribution >= 0.6 is 0 Å². The first-order valence-electron chi connectivity index (χ1n) is 10.8. The van der Waals surface area contributed by atoms with Crippen LogP contribution in [0, 0.1) is 25.2 Å². The van der Waals surface area contributed by atoms with Gasteiger partial charge in [-0.25, -0.2) is 0 Å². The molecular weight excluding hydrogens is 384 g/mol. The highest BCUT2D eigenvalue weighted by Gasteiger charge is 2.35. The highest BCUT2D eigenvalue weighted by molar-refractivity contribution is 5.38. The van der Waals surface area contributed by atoms with Gasteiger partial charge in [0, 0.05) is 18.9 Å². The minimum Gasteiger partial charge on any atom is -0.392 e. The normalized spacial score (nSPS) is 19.2. The molecule has 1 saturated heterocycles. The number of pyridine rings is 2. The largest absolute Gasteiger partial charge is 0.392 e. The molecule has 1 fully saturated rings. The molecule has 2 aromatic heterocycles.